The van der Waals surface area contributed by atoms with Gasteiger partial charge in [-0.2, -0.15) is 0 Å². The number of rotatable bonds is 2. The minimum absolute atomic E-state index is 0.0133. The van der Waals surface area contributed by atoms with Crippen molar-refractivity contribution in [2.24, 2.45) is 5.73 Å². The van der Waals surface area contributed by atoms with Crippen LogP contribution in [0.3, 0.4) is 0 Å². The normalized spacial score (nSPS) is 15.1. The van der Waals surface area contributed by atoms with Crippen LogP contribution in [0.4, 0.5) is 0 Å². The largest absolute Gasteiger partial charge is 0.366 e. The van der Waals surface area contributed by atoms with E-state index in [-0.39, 0.29) is 5.91 Å². The molecule has 0 aromatic heterocycles. The third-order valence-electron chi connectivity index (χ3n) is 2.79. The minimum atomic E-state index is -0.504. The Labute approximate surface area is 94.0 Å². The Hall–Kier alpha value is -1.84. The molecule has 4 heteroatoms. The van der Waals surface area contributed by atoms with Crippen LogP contribution in [0.2, 0.25) is 0 Å². The molecule has 1 aliphatic heterocycles. The Bertz CT molecular complexity index is 423. The number of carbonyl (C=O) groups excluding carboxylic acids is 2. The second kappa shape index (κ2) is 4.35. The molecule has 2 N–H and O–H groups in total. The molecule has 1 fully saturated rings. The molecule has 1 aromatic carbocycles. The van der Waals surface area contributed by atoms with Gasteiger partial charge in [0.15, 0.2) is 0 Å². The molecular formula is C12H14N2O2. The fourth-order valence-electron chi connectivity index (χ4n) is 1.91. The maximum Gasteiger partial charge on any atom is 0.253 e. The number of benzene rings is 1. The monoisotopic (exact) mass is 218 g/mol. The highest BCUT2D eigenvalue weighted by Crippen LogP contribution is 2.13. The summed E-state index contributed by atoms with van der Waals surface area (Å²) in [5.41, 5.74) is 6.09. The van der Waals surface area contributed by atoms with Crippen molar-refractivity contribution in [3.8, 4) is 0 Å². The maximum absolute atomic E-state index is 12.0. The van der Waals surface area contributed by atoms with E-state index in [4.69, 9.17) is 5.73 Å². The highest BCUT2D eigenvalue weighted by Gasteiger charge is 2.19. The number of hydrogen-bond donors (Lipinski definition) is 1. The zero-order chi connectivity index (χ0) is 11.5. The second-order valence-electron chi connectivity index (χ2n) is 3.94. The standard InChI is InChI=1S/C12H14N2O2/c13-11(15)9-4-3-5-10(8-9)12(16)14-6-1-2-7-14/h3-5,8H,1-2,6-7H2,(H2,13,15). The van der Waals surface area contributed by atoms with Crippen LogP contribution in [0.15, 0.2) is 24.3 Å². The average Bonchev–Trinajstić information content (AvgIpc) is 2.81. The van der Waals surface area contributed by atoms with Crippen molar-refractivity contribution in [3.63, 3.8) is 0 Å². The Morgan fingerprint density at radius 2 is 1.75 bits per heavy atom. The summed E-state index contributed by atoms with van der Waals surface area (Å²) in [5.74, 6) is -0.517. The molecule has 0 radical (unpaired) electrons. The van der Waals surface area contributed by atoms with E-state index in [0.717, 1.165) is 25.9 Å². The lowest BCUT2D eigenvalue weighted by Gasteiger charge is -2.15. The van der Waals surface area contributed by atoms with Gasteiger partial charge in [-0.15, -0.1) is 0 Å². The van der Waals surface area contributed by atoms with Crippen molar-refractivity contribution >= 4 is 11.8 Å². The first-order chi connectivity index (χ1) is 7.68. The summed E-state index contributed by atoms with van der Waals surface area (Å²) < 4.78 is 0. The second-order valence-corrected chi connectivity index (χ2v) is 3.94. The Morgan fingerprint density at radius 1 is 1.12 bits per heavy atom. The van der Waals surface area contributed by atoms with Crippen LogP contribution in [-0.2, 0) is 0 Å². The van der Waals surface area contributed by atoms with Gasteiger partial charge in [-0.25, -0.2) is 0 Å². The molecule has 0 unspecified atom stereocenters. The van der Waals surface area contributed by atoms with Gasteiger partial charge in [0.25, 0.3) is 5.91 Å². The number of hydrogen-bond acceptors (Lipinski definition) is 2. The van der Waals surface area contributed by atoms with Gasteiger partial charge in [0.2, 0.25) is 5.91 Å². The summed E-state index contributed by atoms with van der Waals surface area (Å²) in [6.07, 6.45) is 2.11. The molecule has 1 aliphatic rings. The lowest BCUT2D eigenvalue weighted by molar-refractivity contribution is 0.0793. The van der Waals surface area contributed by atoms with Crippen LogP contribution >= 0.6 is 0 Å². The van der Waals surface area contributed by atoms with E-state index in [2.05, 4.69) is 0 Å². The molecule has 0 spiro atoms. The molecule has 0 bridgehead atoms. The minimum Gasteiger partial charge on any atom is -0.366 e. The topological polar surface area (TPSA) is 63.4 Å². The van der Waals surface area contributed by atoms with E-state index in [1.165, 1.54) is 0 Å². The van der Waals surface area contributed by atoms with Crippen molar-refractivity contribution in [2.75, 3.05) is 13.1 Å². The molecule has 4 nitrogen and oxygen atoms in total. The van der Waals surface area contributed by atoms with Gasteiger partial charge >= 0.3 is 0 Å². The molecule has 1 saturated heterocycles. The van der Waals surface area contributed by atoms with Crippen LogP contribution < -0.4 is 5.73 Å². The smallest absolute Gasteiger partial charge is 0.253 e. The van der Waals surface area contributed by atoms with Crippen LogP contribution in [0.25, 0.3) is 0 Å². The van der Waals surface area contributed by atoms with Crippen molar-refractivity contribution in [1.82, 2.24) is 4.90 Å². The highest BCUT2D eigenvalue weighted by molar-refractivity contribution is 5.99. The van der Waals surface area contributed by atoms with E-state index in [9.17, 15) is 9.59 Å². The third-order valence-corrected chi connectivity index (χ3v) is 2.79. The van der Waals surface area contributed by atoms with E-state index >= 15 is 0 Å². The van der Waals surface area contributed by atoms with E-state index in [0.29, 0.717) is 11.1 Å². The first-order valence-corrected chi connectivity index (χ1v) is 5.37. The van der Waals surface area contributed by atoms with Gasteiger partial charge in [0, 0.05) is 24.2 Å². The molecule has 2 rings (SSSR count). The molecule has 2 amide bonds. The summed E-state index contributed by atoms with van der Waals surface area (Å²) in [5, 5.41) is 0. The van der Waals surface area contributed by atoms with Crippen molar-refractivity contribution in [1.29, 1.82) is 0 Å². The molecule has 0 saturated carbocycles. The summed E-state index contributed by atoms with van der Waals surface area (Å²) >= 11 is 0. The fraction of sp³-hybridized carbons (Fsp3) is 0.333. The first-order valence-electron chi connectivity index (χ1n) is 5.37. The van der Waals surface area contributed by atoms with Crippen LogP contribution in [0, 0.1) is 0 Å². The van der Waals surface area contributed by atoms with Gasteiger partial charge in [0.05, 0.1) is 0 Å². The quantitative estimate of drug-likeness (QED) is 0.805. The van der Waals surface area contributed by atoms with Crippen molar-refractivity contribution in [3.05, 3.63) is 35.4 Å². The van der Waals surface area contributed by atoms with Crippen LogP contribution in [0.5, 0.6) is 0 Å². The Kier molecular flexibility index (Phi) is 2.90. The number of carbonyl (C=O) groups is 2. The highest BCUT2D eigenvalue weighted by atomic mass is 16.2. The number of primary amides is 1. The Balaban J connectivity index is 2.22. The molecule has 0 atom stereocenters. The van der Waals surface area contributed by atoms with Crippen molar-refractivity contribution in [2.45, 2.75) is 12.8 Å². The average molecular weight is 218 g/mol. The third kappa shape index (κ3) is 2.05. The van der Waals surface area contributed by atoms with E-state index in [1.54, 1.807) is 29.2 Å². The zero-order valence-electron chi connectivity index (χ0n) is 8.98. The maximum atomic E-state index is 12.0. The van der Waals surface area contributed by atoms with Crippen LogP contribution in [-0.4, -0.2) is 29.8 Å². The first kappa shape index (κ1) is 10.7. The molecular weight excluding hydrogens is 204 g/mol. The Morgan fingerprint density at radius 3 is 2.38 bits per heavy atom. The SMILES string of the molecule is NC(=O)c1cccc(C(=O)N2CCCC2)c1. The number of amides is 2. The van der Waals surface area contributed by atoms with Gasteiger partial charge in [-0.05, 0) is 31.0 Å². The van der Waals surface area contributed by atoms with Gasteiger partial charge in [-0.1, -0.05) is 6.07 Å². The summed E-state index contributed by atoms with van der Waals surface area (Å²) in [4.78, 5) is 24.8. The number of likely N-dealkylation sites (tertiary alicyclic amines) is 1. The predicted molar refractivity (Wildman–Crippen MR) is 60.1 cm³/mol. The summed E-state index contributed by atoms with van der Waals surface area (Å²) in [6.45, 7) is 1.61. The predicted octanol–water partition coefficient (Wildman–Crippen LogP) is 1.02. The molecule has 0 aliphatic carbocycles. The molecule has 16 heavy (non-hydrogen) atoms. The van der Waals surface area contributed by atoms with E-state index < -0.39 is 5.91 Å². The van der Waals surface area contributed by atoms with Gasteiger partial charge < -0.3 is 10.6 Å². The van der Waals surface area contributed by atoms with E-state index in [1.807, 2.05) is 0 Å². The van der Waals surface area contributed by atoms with Gasteiger partial charge in [0.1, 0.15) is 0 Å². The molecule has 84 valence electrons. The summed E-state index contributed by atoms with van der Waals surface area (Å²) in [7, 11) is 0. The lowest BCUT2D eigenvalue weighted by Crippen LogP contribution is -2.27. The molecule has 1 heterocycles. The number of nitrogens with two attached hydrogens (primary N) is 1. The van der Waals surface area contributed by atoms with Gasteiger partial charge in [-0.3, -0.25) is 9.59 Å². The zero-order valence-corrected chi connectivity index (χ0v) is 8.98. The lowest BCUT2D eigenvalue weighted by atomic mass is 10.1. The molecule has 1 aromatic rings. The number of nitrogens with zero attached hydrogens (tertiary/aromatic N) is 1. The summed E-state index contributed by atoms with van der Waals surface area (Å²) in [6, 6.07) is 6.57. The van der Waals surface area contributed by atoms with Crippen LogP contribution in [0.1, 0.15) is 33.6 Å². The van der Waals surface area contributed by atoms with Crippen molar-refractivity contribution < 1.29 is 9.59 Å². The fourth-order valence-corrected chi connectivity index (χ4v) is 1.91.